The molecule has 0 aliphatic heterocycles. The highest BCUT2D eigenvalue weighted by atomic mass is 16.6. The van der Waals surface area contributed by atoms with Gasteiger partial charge in [-0.05, 0) is 116 Å². The molecule has 81 heavy (non-hydrogen) atoms. The molecule has 0 amide bonds. The normalized spacial score (nSPS) is 12.7. The number of allylic oxidation sites excluding steroid dienone is 16. The third-order valence-corrected chi connectivity index (χ3v) is 15.1. The Balaban J connectivity index is 4.33. The third kappa shape index (κ3) is 67.0. The van der Waals surface area contributed by atoms with Crippen molar-refractivity contribution in [2.45, 2.75) is 348 Å². The van der Waals surface area contributed by atoms with Gasteiger partial charge in [-0.25, -0.2) is 0 Å². The smallest absolute Gasteiger partial charge is 0.306 e. The first-order chi connectivity index (χ1) is 40.0. The summed E-state index contributed by atoms with van der Waals surface area (Å²) in [6.07, 6.45) is 92.9. The van der Waals surface area contributed by atoms with Gasteiger partial charge < -0.3 is 14.2 Å². The molecule has 1 atom stereocenters. The van der Waals surface area contributed by atoms with Gasteiger partial charge >= 0.3 is 17.9 Å². The highest BCUT2D eigenvalue weighted by Crippen LogP contribution is 2.17. The summed E-state index contributed by atoms with van der Waals surface area (Å²) in [6, 6.07) is 0. The Morgan fingerprint density at radius 3 is 0.765 bits per heavy atom. The summed E-state index contributed by atoms with van der Waals surface area (Å²) < 4.78 is 17.0. The van der Waals surface area contributed by atoms with Crippen molar-refractivity contribution in [1.82, 2.24) is 0 Å². The number of unbranched alkanes of at least 4 members (excludes halogenated alkanes) is 36. The van der Waals surface area contributed by atoms with Crippen LogP contribution in [-0.2, 0) is 28.6 Å². The van der Waals surface area contributed by atoms with E-state index in [4.69, 9.17) is 14.2 Å². The van der Waals surface area contributed by atoms with E-state index in [9.17, 15) is 14.4 Å². The van der Waals surface area contributed by atoms with Gasteiger partial charge in [0.15, 0.2) is 6.10 Å². The molecule has 0 aromatic rings. The molecule has 0 aliphatic rings. The van der Waals surface area contributed by atoms with Gasteiger partial charge in [-0.15, -0.1) is 0 Å². The first kappa shape index (κ1) is 77.3. The number of hydrogen-bond donors (Lipinski definition) is 0. The van der Waals surface area contributed by atoms with Crippen molar-refractivity contribution < 1.29 is 28.6 Å². The Hall–Kier alpha value is -3.67. The highest BCUT2D eigenvalue weighted by Gasteiger charge is 2.19. The van der Waals surface area contributed by atoms with E-state index < -0.39 is 6.10 Å². The van der Waals surface area contributed by atoms with E-state index >= 15 is 0 Å². The molecule has 1 unspecified atom stereocenters. The maximum Gasteiger partial charge on any atom is 0.306 e. The van der Waals surface area contributed by atoms with Crippen LogP contribution < -0.4 is 0 Å². The fourth-order valence-electron chi connectivity index (χ4n) is 9.92. The summed E-state index contributed by atoms with van der Waals surface area (Å²) in [5.74, 6) is -0.891. The molecule has 0 saturated heterocycles. The van der Waals surface area contributed by atoms with E-state index in [1.807, 2.05) is 0 Å². The molecule has 0 N–H and O–H groups in total. The van der Waals surface area contributed by atoms with E-state index in [1.165, 1.54) is 180 Å². The standard InChI is InChI=1S/C75H130O6/c1-4-7-10-13-16-19-22-25-28-30-32-34-36-37-39-40-42-44-47-50-53-56-59-62-65-68-74(77)80-71-72(70-79-73(76)67-64-61-58-55-52-49-46-27-24-21-18-15-12-9-6-3)81-75(78)69-66-63-60-57-54-51-48-45-43-41-38-35-33-31-29-26-23-20-17-14-11-8-5-2/h8-9,11-12,17-18,20-21,26-27,29-30,32-33,35,46,72H,4-7,10,13-16,19,22-25,28,31,34,36-45,47-71H2,1-3H3/b11-8-,12-9-,20-17-,21-18-,29-26-,32-30-,35-33-,46-27-. The molecule has 0 heterocycles. The van der Waals surface area contributed by atoms with E-state index in [-0.39, 0.29) is 31.1 Å². The maximum atomic E-state index is 13.0. The minimum atomic E-state index is -0.790. The largest absolute Gasteiger partial charge is 0.462 e. The minimum absolute atomic E-state index is 0.0832. The van der Waals surface area contributed by atoms with Crippen LogP contribution in [0.4, 0.5) is 0 Å². The summed E-state index contributed by atoms with van der Waals surface area (Å²) >= 11 is 0. The molecule has 0 aliphatic carbocycles. The molecule has 0 spiro atoms. The third-order valence-electron chi connectivity index (χ3n) is 15.1. The Labute approximate surface area is 502 Å². The highest BCUT2D eigenvalue weighted by molar-refractivity contribution is 5.71. The van der Waals surface area contributed by atoms with Gasteiger partial charge in [0.25, 0.3) is 0 Å². The summed E-state index contributed by atoms with van der Waals surface area (Å²) in [7, 11) is 0. The Kier molecular flexibility index (Phi) is 65.7. The second-order valence-electron chi connectivity index (χ2n) is 23.0. The van der Waals surface area contributed by atoms with Crippen molar-refractivity contribution in [2.24, 2.45) is 0 Å². The molecule has 0 bridgehead atoms. The molecular weight excluding hydrogens is 997 g/mol. The van der Waals surface area contributed by atoms with E-state index in [0.29, 0.717) is 19.3 Å². The van der Waals surface area contributed by atoms with Gasteiger partial charge in [0.1, 0.15) is 13.2 Å². The Morgan fingerprint density at radius 1 is 0.259 bits per heavy atom. The van der Waals surface area contributed by atoms with Crippen LogP contribution in [0.5, 0.6) is 0 Å². The quantitative estimate of drug-likeness (QED) is 0.0261. The topological polar surface area (TPSA) is 78.9 Å². The van der Waals surface area contributed by atoms with E-state index in [1.54, 1.807) is 0 Å². The van der Waals surface area contributed by atoms with Gasteiger partial charge in [0.2, 0.25) is 0 Å². The number of rotatable bonds is 63. The van der Waals surface area contributed by atoms with Crippen LogP contribution in [-0.4, -0.2) is 37.2 Å². The van der Waals surface area contributed by atoms with Crippen LogP contribution in [0.2, 0.25) is 0 Å². The van der Waals surface area contributed by atoms with Crippen LogP contribution in [0.1, 0.15) is 342 Å². The van der Waals surface area contributed by atoms with Gasteiger partial charge in [0, 0.05) is 19.3 Å². The van der Waals surface area contributed by atoms with Crippen LogP contribution >= 0.6 is 0 Å². The molecule has 0 saturated carbocycles. The molecule has 466 valence electrons. The van der Waals surface area contributed by atoms with Crippen molar-refractivity contribution >= 4 is 17.9 Å². The van der Waals surface area contributed by atoms with Crippen LogP contribution in [0, 0.1) is 0 Å². The fourth-order valence-corrected chi connectivity index (χ4v) is 9.92. The van der Waals surface area contributed by atoms with Gasteiger partial charge in [-0.1, -0.05) is 304 Å². The Morgan fingerprint density at radius 2 is 0.481 bits per heavy atom. The fraction of sp³-hybridized carbons (Fsp3) is 0.747. The predicted molar refractivity (Wildman–Crippen MR) is 353 cm³/mol. The number of hydrogen-bond acceptors (Lipinski definition) is 6. The molecule has 6 nitrogen and oxygen atoms in total. The lowest BCUT2D eigenvalue weighted by Crippen LogP contribution is -2.30. The molecule has 6 heteroatoms. The molecule has 0 radical (unpaired) electrons. The van der Waals surface area contributed by atoms with Crippen molar-refractivity contribution in [3.63, 3.8) is 0 Å². The van der Waals surface area contributed by atoms with Crippen molar-refractivity contribution in [3.8, 4) is 0 Å². The monoisotopic (exact) mass is 1130 g/mol. The van der Waals surface area contributed by atoms with E-state index in [0.717, 1.165) is 122 Å². The number of carbonyl (C=O) groups is 3. The van der Waals surface area contributed by atoms with Gasteiger partial charge in [-0.3, -0.25) is 14.4 Å². The molecular formula is C75H130O6. The Bertz CT molecular complexity index is 1580. The second kappa shape index (κ2) is 68.8. The predicted octanol–water partition coefficient (Wildman–Crippen LogP) is 24.0. The first-order valence-electron chi connectivity index (χ1n) is 34.7. The van der Waals surface area contributed by atoms with Crippen molar-refractivity contribution in [3.05, 3.63) is 97.2 Å². The second-order valence-corrected chi connectivity index (χ2v) is 23.0. The zero-order valence-corrected chi connectivity index (χ0v) is 53.5. The van der Waals surface area contributed by atoms with E-state index in [2.05, 4.69) is 118 Å². The van der Waals surface area contributed by atoms with Crippen LogP contribution in [0.25, 0.3) is 0 Å². The number of carbonyl (C=O) groups excluding carboxylic acids is 3. The minimum Gasteiger partial charge on any atom is -0.462 e. The molecule has 0 fully saturated rings. The lowest BCUT2D eigenvalue weighted by Gasteiger charge is -2.18. The van der Waals surface area contributed by atoms with Crippen LogP contribution in [0.3, 0.4) is 0 Å². The average molecular weight is 1130 g/mol. The average Bonchev–Trinajstić information content (AvgIpc) is 3.47. The molecule has 0 aromatic heterocycles. The number of ether oxygens (including phenoxy) is 3. The van der Waals surface area contributed by atoms with Gasteiger partial charge in [-0.2, -0.15) is 0 Å². The van der Waals surface area contributed by atoms with Crippen molar-refractivity contribution in [2.75, 3.05) is 13.2 Å². The molecule has 0 rings (SSSR count). The summed E-state index contributed by atoms with van der Waals surface area (Å²) in [6.45, 7) is 6.44. The summed E-state index contributed by atoms with van der Waals surface area (Å²) in [5.41, 5.74) is 0. The van der Waals surface area contributed by atoms with Crippen LogP contribution in [0.15, 0.2) is 97.2 Å². The lowest BCUT2D eigenvalue weighted by molar-refractivity contribution is -0.167. The SMILES string of the molecule is CC/C=C\C/C=C\C/C=C\C/C=C\CCCCCCCCCCCCC(=O)OC(COC(=O)CCCCCCC/C=C\C/C=C\C/C=C\CC)COC(=O)CCCCCCCCCCCCCCC/C=C\CCCCCCCCCC. The maximum absolute atomic E-state index is 13.0. The molecule has 0 aromatic carbocycles. The first-order valence-corrected chi connectivity index (χ1v) is 34.7. The number of esters is 3. The lowest BCUT2D eigenvalue weighted by atomic mass is 10.0. The van der Waals surface area contributed by atoms with Gasteiger partial charge in [0.05, 0.1) is 0 Å². The summed E-state index contributed by atoms with van der Waals surface area (Å²) in [4.78, 5) is 38.4. The zero-order chi connectivity index (χ0) is 58.5. The van der Waals surface area contributed by atoms with Crippen molar-refractivity contribution in [1.29, 1.82) is 0 Å². The zero-order valence-electron chi connectivity index (χ0n) is 53.5. The summed E-state index contributed by atoms with van der Waals surface area (Å²) in [5, 5.41) is 0.